The van der Waals surface area contributed by atoms with Gasteiger partial charge in [-0.1, -0.05) is 0 Å². The zero-order chi connectivity index (χ0) is 22.0. The van der Waals surface area contributed by atoms with E-state index in [4.69, 9.17) is 61.0 Å². The summed E-state index contributed by atoms with van der Waals surface area (Å²) in [4.78, 5) is 45.0. The van der Waals surface area contributed by atoms with E-state index in [1.807, 2.05) is 0 Å². The summed E-state index contributed by atoms with van der Waals surface area (Å²) in [6.45, 7) is 6.85. The highest BCUT2D eigenvalue weighted by atomic mass is 16.4. The predicted molar refractivity (Wildman–Crippen MR) is 89.3 cm³/mol. The van der Waals surface area contributed by atoms with E-state index >= 15 is 0 Å². The maximum absolute atomic E-state index is 9.00. The van der Waals surface area contributed by atoms with Crippen LogP contribution >= 0.6 is 0 Å². The highest BCUT2D eigenvalue weighted by molar-refractivity contribution is 5.63. The second-order valence-electron chi connectivity index (χ2n) is 3.53. The molecule has 0 atom stereocenters. The first-order valence-corrected chi connectivity index (χ1v) is 6.46. The molecule has 0 aromatic heterocycles. The van der Waals surface area contributed by atoms with Crippen LogP contribution in [0.4, 0.5) is 0 Å². The molecule has 0 fully saturated rings. The number of aliphatic carboxylic acids is 5. The fraction of sp³-hybridized carbons (Fsp3) is 0.615. The van der Waals surface area contributed by atoms with Gasteiger partial charge in [0.05, 0.1) is 0 Å². The van der Waals surface area contributed by atoms with E-state index in [0.29, 0.717) is 0 Å². The quantitative estimate of drug-likeness (QED) is 0.331. The molecule has 0 unspecified atom stereocenters. The third-order valence-electron chi connectivity index (χ3n) is 0.408. The fourth-order valence-electron chi connectivity index (χ4n) is 0.118. The van der Waals surface area contributed by atoms with Gasteiger partial charge in [0.15, 0.2) is 0 Å². The minimum Gasteiger partial charge on any atom is -0.481 e. The van der Waals surface area contributed by atoms with Gasteiger partial charge >= 0.3 is 0 Å². The van der Waals surface area contributed by atoms with Crippen molar-refractivity contribution in [1.29, 1.82) is 0 Å². The summed E-state index contributed by atoms with van der Waals surface area (Å²) >= 11 is 0. The zero-order valence-corrected chi connectivity index (χ0v) is 15.1. The molecular weight excluding hydrogens is 344 g/mol. The van der Waals surface area contributed by atoms with E-state index in [2.05, 4.69) is 0 Å². The van der Waals surface area contributed by atoms with Crippen LogP contribution in [0.25, 0.3) is 0 Å². The average molecular weight is 374 g/mol. The second kappa shape index (κ2) is 37.5. The standard InChI is InChI=1S/C3H10N2.5C2H4O2/c4-2-1-3-5;5*1-2(3)4/h1-5H2;5*1H3,(H,3,4). The second-order valence-corrected chi connectivity index (χ2v) is 3.53. The summed E-state index contributed by atoms with van der Waals surface area (Å²) < 4.78 is 0. The SMILES string of the molecule is CC(=O)O.CC(=O)O.CC(=O)O.CC(=O)O.CC(=O)O.NCCCN. The predicted octanol–water partition coefficient (Wildman–Crippen LogP) is -0.252. The molecule has 0 aliphatic heterocycles. The molecular formula is C13H30N2O10. The maximum Gasteiger partial charge on any atom is 0.300 e. The fourth-order valence-corrected chi connectivity index (χ4v) is 0.118. The molecule has 0 rings (SSSR count). The van der Waals surface area contributed by atoms with Crippen molar-refractivity contribution in [3.8, 4) is 0 Å². The van der Waals surface area contributed by atoms with Gasteiger partial charge in [0.25, 0.3) is 29.8 Å². The molecule has 0 spiro atoms. The van der Waals surface area contributed by atoms with E-state index in [1.165, 1.54) is 0 Å². The van der Waals surface area contributed by atoms with Crippen LogP contribution in [0.1, 0.15) is 41.0 Å². The molecule has 25 heavy (non-hydrogen) atoms. The topological polar surface area (TPSA) is 239 Å². The molecule has 0 aliphatic carbocycles. The molecule has 12 nitrogen and oxygen atoms in total. The summed E-state index contributed by atoms with van der Waals surface area (Å²) in [5.41, 5.74) is 10.1. The Balaban J connectivity index is -0.0000000434. The molecule has 0 bridgehead atoms. The van der Waals surface area contributed by atoms with Crippen LogP contribution in [-0.2, 0) is 24.0 Å². The smallest absolute Gasteiger partial charge is 0.300 e. The number of carboxylic acid groups (broad SMARTS) is 5. The Morgan fingerprint density at radius 3 is 0.600 bits per heavy atom. The minimum atomic E-state index is -0.833. The first kappa shape index (κ1) is 38.1. The van der Waals surface area contributed by atoms with Gasteiger partial charge < -0.3 is 37.0 Å². The third-order valence-corrected chi connectivity index (χ3v) is 0.408. The number of carboxylic acids is 5. The van der Waals surface area contributed by atoms with Crippen LogP contribution in [0.2, 0.25) is 0 Å². The van der Waals surface area contributed by atoms with Crippen molar-refractivity contribution in [2.24, 2.45) is 11.5 Å². The van der Waals surface area contributed by atoms with Crippen LogP contribution in [0.15, 0.2) is 0 Å². The van der Waals surface area contributed by atoms with Gasteiger partial charge in [-0.2, -0.15) is 0 Å². The van der Waals surface area contributed by atoms with Crippen molar-refractivity contribution in [3.05, 3.63) is 0 Å². The first-order chi connectivity index (χ1) is 11.1. The van der Waals surface area contributed by atoms with Gasteiger partial charge in [-0.05, 0) is 19.5 Å². The van der Waals surface area contributed by atoms with Crippen molar-refractivity contribution in [2.45, 2.75) is 41.0 Å². The lowest BCUT2D eigenvalue weighted by molar-refractivity contribution is -0.135. The molecule has 0 aromatic carbocycles. The summed E-state index contributed by atoms with van der Waals surface area (Å²) in [6.07, 6.45) is 0.944. The number of nitrogens with two attached hydrogens (primary N) is 2. The molecule has 0 saturated heterocycles. The third kappa shape index (κ3) is 14800. The molecule has 0 amide bonds. The lowest BCUT2D eigenvalue weighted by Crippen LogP contribution is -2.06. The van der Waals surface area contributed by atoms with Crippen molar-refractivity contribution < 1.29 is 49.5 Å². The van der Waals surface area contributed by atoms with E-state index < -0.39 is 29.8 Å². The Hall–Kier alpha value is -2.73. The number of hydrogen-bond donors (Lipinski definition) is 7. The van der Waals surface area contributed by atoms with Crippen molar-refractivity contribution in [3.63, 3.8) is 0 Å². The van der Waals surface area contributed by atoms with E-state index in [9.17, 15) is 0 Å². The average Bonchev–Trinajstić information content (AvgIpc) is 2.25. The Morgan fingerprint density at radius 1 is 0.520 bits per heavy atom. The van der Waals surface area contributed by atoms with E-state index in [0.717, 1.165) is 54.1 Å². The molecule has 9 N–H and O–H groups in total. The molecule has 0 heterocycles. The number of hydrogen-bond acceptors (Lipinski definition) is 7. The summed E-state index contributed by atoms with van der Waals surface area (Å²) in [6, 6.07) is 0. The minimum absolute atomic E-state index is 0.719. The molecule has 12 heteroatoms. The van der Waals surface area contributed by atoms with Crippen LogP contribution in [-0.4, -0.2) is 68.5 Å². The maximum atomic E-state index is 9.00. The molecule has 0 radical (unpaired) electrons. The van der Waals surface area contributed by atoms with Gasteiger partial charge in [-0.3, -0.25) is 24.0 Å². The Bertz CT molecular complexity index is 254. The lowest BCUT2D eigenvalue weighted by Gasteiger charge is -1.81. The molecule has 0 aliphatic rings. The van der Waals surface area contributed by atoms with Crippen molar-refractivity contribution in [1.82, 2.24) is 0 Å². The molecule has 0 aromatic rings. The summed E-state index contributed by atoms with van der Waals surface area (Å²) in [5, 5.41) is 37.1. The van der Waals surface area contributed by atoms with E-state index in [1.54, 1.807) is 0 Å². The van der Waals surface area contributed by atoms with Gasteiger partial charge in [0.1, 0.15) is 0 Å². The van der Waals surface area contributed by atoms with Crippen LogP contribution in [0, 0.1) is 0 Å². The monoisotopic (exact) mass is 374 g/mol. The van der Waals surface area contributed by atoms with Crippen LogP contribution in [0.3, 0.4) is 0 Å². The summed E-state index contributed by atoms with van der Waals surface area (Å²) in [5.74, 6) is -4.17. The Morgan fingerprint density at radius 2 is 0.600 bits per heavy atom. The lowest BCUT2D eigenvalue weighted by atomic mass is 10.4. The van der Waals surface area contributed by atoms with Crippen molar-refractivity contribution in [2.75, 3.05) is 13.1 Å². The van der Waals surface area contributed by atoms with Crippen LogP contribution < -0.4 is 11.5 Å². The first-order valence-electron chi connectivity index (χ1n) is 6.46. The number of rotatable bonds is 2. The highest BCUT2D eigenvalue weighted by Crippen LogP contribution is 1.58. The molecule has 152 valence electrons. The Kier molecular flexibility index (Phi) is 57.1. The largest absolute Gasteiger partial charge is 0.481 e. The van der Waals surface area contributed by atoms with E-state index in [-0.39, 0.29) is 0 Å². The summed E-state index contributed by atoms with van der Waals surface area (Å²) in [7, 11) is 0. The Labute approximate surface area is 146 Å². The van der Waals surface area contributed by atoms with Gasteiger partial charge in [0, 0.05) is 34.6 Å². The normalized spacial score (nSPS) is 6.68. The van der Waals surface area contributed by atoms with Gasteiger partial charge in [-0.25, -0.2) is 0 Å². The highest BCUT2D eigenvalue weighted by Gasteiger charge is 1.68. The van der Waals surface area contributed by atoms with Crippen LogP contribution in [0.5, 0.6) is 0 Å². The van der Waals surface area contributed by atoms with Crippen molar-refractivity contribution >= 4 is 29.8 Å². The van der Waals surface area contributed by atoms with Gasteiger partial charge in [0.2, 0.25) is 0 Å². The van der Waals surface area contributed by atoms with Gasteiger partial charge in [-0.15, -0.1) is 0 Å². The zero-order valence-electron chi connectivity index (χ0n) is 15.1. The number of carbonyl (C=O) groups is 5. The molecule has 0 saturated carbocycles.